The van der Waals surface area contributed by atoms with Crippen LogP contribution in [0.25, 0.3) is 0 Å². The molecule has 0 bridgehead atoms. The van der Waals surface area contributed by atoms with Gasteiger partial charge in [0.1, 0.15) is 5.82 Å². The van der Waals surface area contributed by atoms with E-state index in [1.165, 1.54) is 26.4 Å². The fourth-order valence-electron chi connectivity index (χ4n) is 3.34. The van der Waals surface area contributed by atoms with Gasteiger partial charge in [0.15, 0.2) is 11.5 Å². The van der Waals surface area contributed by atoms with Gasteiger partial charge >= 0.3 is 6.03 Å². The summed E-state index contributed by atoms with van der Waals surface area (Å²) in [5.41, 5.74) is 1.36. The molecule has 7 nitrogen and oxygen atoms in total. The molecular weight excluding hydrogens is 377 g/mol. The Hall–Kier alpha value is -3.29. The molecule has 0 aromatic heterocycles. The van der Waals surface area contributed by atoms with Crippen molar-refractivity contribution in [1.82, 2.24) is 10.2 Å². The molecule has 1 atom stereocenters. The predicted octanol–water partition coefficient (Wildman–Crippen LogP) is 3.01. The maximum absolute atomic E-state index is 13.0. The average molecular weight is 401 g/mol. The van der Waals surface area contributed by atoms with E-state index in [0.717, 1.165) is 5.56 Å². The number of hydrogen-bond acceptors (Lipinski definition) is 4. The maximum atomic E-state index is 13.0. The summed E-state index contributed by atoms with van der Waals surface area (Å²) in [6.07, 6.45) is 0.365. The first kappa shape index (κ1) is 20.4. The van der Waals surface area contributed by atoms with Crippen LogP contribution in [0.15, 0.2) is 42.5 Å². The van der Waals surface area contributed by atoms with Gasteiger partial charge in [-0.1, -0.05) is 18.2 Å². The molecule has 0 radical (unpaired) electrons. The van der Waals surface area contributed by atoms with Crippen molar-refractivity contribution in [3.63, 3.8) is 0 Å². The van der Waals surface area contributed by atoms with Crippen molar-refractivity contribution < 1.29 is 23.5 Å². The van der Waals surface area contributed by atoms with E-state index in [1.807, 2.05) is 0 Å². The van der Waals surface area contributed by atoms with Crippen molar-refractivity contribution in [1.29, 1.82) is 0 Å². The van der Waals surface area contributed by atoms with Crippen LogP contribution in [0.2, 0.25) is 0 Å². The van der Waals surface area contributed by atoms with Gasteiger partial charge in [-0.05, 0) is 29.8 Å². The normalized spacial score (nSPS) is 15.9. The number of nitrogens with zero attached hydrogens (tertiary/aromatic N) is 1. The number of amides is 3. The van der Waals surface area contributed by atoms with E-state index in [1.54, 1.807) is 35.2 Å². The van der Waals surface area contributed by atoms with Crippen molar-refractivity contribution in [2.75, 3.05) is 32.6 Å². The molecule has 0 spiro atoms. The zero-order valence-corrected chi connectivity index (χ0v) is 16.4. The number of rotatable bonds is 7. The molecule has 2 aromatic rings. The Morgan fingerprint density at radius 2 is 1.93 bits per heavy atom. The minimum atomic E-state index is -0.388. The predicted molar refractivity (Wildman–Crippen MR) is 106 cm³/mol. The summed E-state index contributed by atoms with van der Waals surface area (Å²) in [5, 5.41) is 5.54. The highest BCUT2D eigenvalue weighted by Gasteiger charge is 2.29. The second-order valence-electron chi connectivity index (χ2n) is 6.85. The van der Waals surface area contributed by atoms with Gasteiger partial charge in [0.25, 0.3) is 0 Å². The third-order valence-corrected chi connectivity index (χ3v) is 4.78. The molecule has 154 valence electrons. The van der Waals surface area contributed by atoms with Gasteiger partial charge < -0.3 is 25.0 Å². The fraction of sp³-hybridized carbons (Fsp3) is 0.333. The molecule has 2 aromatic carbocycles. The average Bonchev–Trinajstić information content (AvgIpc) is 3.07. The highest BCUT2D eigenvalue weighted by molar-refractivity contribution is 5.91. The summed E-state index contributed by atoms with van der Waals surface area (Å²) >= 11 is 0. The minimum absolute atomic E-state index is 0.0147. The number of ether oxygens (including phenoxy) is 2. The zero-order chi connectivity index (χ0) is 20.8. The first-order chi connectivity index (χ1) is 14.0. The molecule has 1 aliphatic rings. The molecule has 1 saturated heterocycles. The number of urea groups is 1. The summed E-state index contributed by atoms with van der Waals surface area (Å²) in [7, 11) is 3.03. The molecule has 1 heterocycles. The van der Waals surface area contributed by atoms with Crippen LogP contribution in [0.5, 0.6) is 11.5 Å². The van der Waals surface area contributed by atoms with Crippen LogP contribution in [-0.2, 0) is 11.3 Å². The Kier molecular flexibility index (Phi) is 6.54. The van der Waals surface area contributed by atoms with Gasteiger partial charge in [-0.2, -0.15) is 0 Å². The molecule has 8 heteroatoms. The molecule has 0 aliphatic carbocycles. The summed E-state index contributed by atoms with van der Waals surface area (Å²) in [5.74, 6) is 0.689. The number of carbonyl (C=O) groups excluding carboxylic acids is 2. The Labute approximate surface area is 168 Å². The molecule has 1 aliphatic heterocycles. The lowest BCUT2D eigenvalue weighted by Crippen LogP contribution is -2.34. The Morgan fingerprint density at radius 3 is 2.62 bits per heavy atom. The number of hydrogen-bond donors (Lipinski definition) is 2. The third-order valence-electron chi connectivity index (χ3n) is 4.78. The number of benzene rings is 2. The standard InChI is InChI=1S/C21H24FN3O4/c1-28-18-5-3-4-17(20(18)29-2)24-21(27)23-11-15-10-19(26)25(13-15)12-14-6-8-16(22)9-7-14/h3-9,15H,10-13H2,1-2H3,(H2,23,24,27)/t15-/m1/s1. The Morgan fingerprint density at radius 1 is 1.17 bits per heavy atom. The van der Waals surface area contributed by atoms with E-state index in [-0.39, 0.29) is 23.7 Å². The van der Waals surface area contributed by atoms with Gasteiger partial charge in [-0.25, -0.2) is 9.18 Å². The van der Waals surface area contributed by atoms with Crippen molar-refractivity contribution >= 4 is 17.6 Å². The van der Waals surface area contributed by atoms with Crippen LogP contribution in [0.4, 0.5) is 14.9 Å². The summed E-state index contributed by atoms with van der Waals surface area (Å²) in [6, 6.07) is 10.9. The Bertz CT molecular complexity index is 873. The van der Waals surface area contributed by atoms with Crippen molar-refractivity contribution in [2.24, 2.45) is 5.92 Å². The number of carbonyl (C=O) groups is 2. The number of methoxy groups -OCH3 is 2. The highest BCUT2D eigenvalue weighted by Crippen LogP contribution is 2.34. The van der Waals surface area contributed by atoms with Crippen LogP contribution in [-0.4, -0.2) is 44.1 Å². The van der Waals surface area contributed by atoms with Gasteiger partial charge in [-0.15, -0.1) is 0 Å². The van der Waals surface area contributed by atoms with E-state index < -0.39 is 0 Å². The van der Waals surface area contributed by atoms with E-state index in [2.05, 4.69) is 10.6 Å². The van der Waals surface area contributed by atoms with Crippen molar-refractivity contribution in [3.8, 4) is 11.5 Å². The zero-order valence-electron chi connectivity index (χ0n) is 16.4. The highest BCUT2D eigenvalue weighted by atomic mass is 19.1. The summed E-state index contributed by atoms with van der Waals surface area (Å²) < 4.78 is 23.5. The number of halogens is 1. The smallest absolute Gasteiger partial charge is 0.319 e. The van der Waals surface area contributed by atoms with Crippen LogP contribution in [0.1, 0.15) is 12.0 Å². The third kappa shape index (κ3) is 5.16. The molecule has 2 N–H and O–H groups in total. The first-order valence-corrected chi connectivity index (χ1v) is 9.28. The van der Waals surface area contributed by atoms with Crippen LogP contribution in [0.3, 0.4) is 0 Å². The van der Waals surface area contributed by atoms with Crippen LogP contribution >= 0.6 is 0 Å². The molecule has 3 rings (SSSR count). The van der Waals surface area contributed by atoms with Crippen molar-refractivity contribution in [2.45, 2.75) is 13.0 Å². The lowest BCUT2D eigenvalue weighted by Gasteiger charge is -2.17. The number of nitrogens with one attached hydrogen (secondary N) is 2. The van der Waals surface area contributed by atoms with Gasteiger partial charge in [0, 0.05) is 32.0 Å². The van der Waals surface area contributed by atoms with Gasteiger partial charge in [0.05, 0.1) is 19.9 Å². The molecule has 3 amide bonds. The van der Waals surface area contributed by atoms with Crippen molar-refractivity contribution in [3.05, 3.63) is 53.8 Å². The van der Waals surface area contributed by atoms with Gasteiger partial charge in [0.2, 0.25) is 5.91 Å². The van der Waals surface area contributed by atoms with E-state index in [9.17, 15) is 14.0 Å². The molecule has 1 fully saturated rings. The molecule has 0 saturated carbocycles. The SMILES string of the molecule is COc1cccc(NC(=O)NC[C@H]2CC(=O)N(Cc3ccc(F)cc3)C2)c1OC. The monoisotopic (exact) mass is 401 g/mol. The number of likely N-dealkylation sites (tertiary alicyclic amines) is 1. The second-order valence-corrected chi connectivity index (χ2v) is 6.85. The van der Waals surface area contributed by atoms with E-state index >= 15 is 0 Å². The number of para-hydroxylation sites is 1. The lowest BCUT2D eigenvalue weighted by atomic mass is 10.1. The van der Waals surface area contributed by atoms with Crippen LogP contribution in [0, 0.1) is 11.7 Å². The molecule has 29 heavy (non-hydrogen) atoms. The Balaban J connectivity index is 1.51. The van der Waals surface area contributed by atoms with Crippen LogP contribution < -0.4 is 20.1 Å². The maximum Gasteiger partial charge on any atom is 0.319 e. The summed E-state index contributed by atoms with van der Waals surface area (Å²) in [6.45, 7) is 1.34. The van der Waals surface area contributed by atoms with Gasteiger partial charge in [-0.3, -0.25) is 4.79 Å². The minimum Gasteiger partial charge on any atom is -0.493 e. The molecule has 0 unspecified atom stereocenters. The topological polar surface area (TPSA) is 79.9 Å². The summed E-state index contributed by atoms with van der Waals surface area (Å²) in [4.78, 5) is 26.2. The lowest BCUT2D eigenvalue weighted by molar-refractivity contribution is -0.128. The largest absolute Gasteiger partial charge is 0.493 e. The first-order valence-electron chi connectivity index (χ1n) is 9.28. The molecular formula is C21H24FN3O4. The number of anilines is 1. The fourth-order valence-corrected chi connectivity index (χ4v) is 3.34. The van der Waals surface area contributed by atoms with E-state index in [4.69, 9.17) is 9.47 Å². The quantitative estimate of drug-likeness (QED) is 0.748. The van der Waals surface area contributed by atoms with E-state index in [0.29, 0.717) is 43.2 Å². The second kappa shape index (κ2) is 9.27.